The first-order chi connectivity index (χ1) is 15.9. The molecule has 2 aromatic carbocycles. The van der Waals surface area contributed by atoms with Gasteiger partial charge in [0.05, 0.1) is 16.3 Å². The summed E-state index contributed by atoms with van der Waals surface area (Å²) in [5, 5.41) is 7.05. The number of aryl methyl sites for hydroxylation is 1. The van der Waals surface area contributed by atoms with Crippen molar-refractivity contribution in [1.82, 2.24) is 4.98 Å². The second-order valence-corrected chi connectivity index (χ2v) is 8.23. The van der Waals surface area contributed by atoms with E-state index in [4.69, 9.17) is 4.74 Å². The number of aromatic nitrogens is 1. The molecular weight excluding hydrogens is 441 g/mol. The topological polar surface area (TPSA) is 80.3 Å². The SMILES string of the molecule is CC(=O)c1cc(-c2cc(Oc3ccc(NC(=O)Nc4cc(C)ccc4F)cc3)ccn2)cs1. The Kier molecular flexibility index (Phi) is 6.46. The van der Waals surface area contributed by atoms with Gasteiger partial charge in [-0.25, -0.2) is 9.18 Å². The maximum atomic E-state index is 13.8. The Morgan fingerprint density at radius 1 is 0.970 bits per heavy atom. The van der Waals surface area contributed by atoms with E-state index in [9.17, 15) is 14.0 Å². The highest BCUT2D eigenvalue weighted by molar-refractivity contribution is 7.12. The van der Waals surface area contributed by atoms with Crippen LogP contribution < -0.4 is 15.4 Å². The molecule has 6 nitrogen and oxygen atoms in total. The molecule has 2 heterocycles. The average molecular weight is 462 g/mol. The number of halogens is 1. The van der Waals surface area contributed by atoms with Crippen LogP contribution in [0.25, 0.3) is 11.3 Å². The fraction of sp³-hybridized carbons (Fsp3) is 0.0800. The lowest BCUT2D eigenvalue weighted by Crippen LogP contribution is -2.20. The van der Waals surface area contributed by atoms with E-state index in [1.54, 1.807) is 54.7 Å². The Balaban J connectivity index is 1.40. The predicted octanol–water partition coefficient (Wildman–Crippen LogP) is 6.90. The monoisotopic (exact) mass is 461 g/mol. The molecule has 2 N–H and O–H groups in total. The zero-order chi connectivity index (χ0) is 23.4. The summed E-state index contributed by atoms with van der Waals surface area (Å²) in [7, 11) is 0. The zero-order valence-corrected chi connectivity index (χ0v) is 18.7. The smallest absolute Gasteiger partial charge is 0.323 e. The molecule has 2 amide bonds. The lowest BCUT2D eigenvalue weighted by atomic mass is 10.2. The molecule has 0 fully saturated rings. The van der Waals surface area contributed by atoms with Gasteiger partial charge in [-0.05, 0) is 67.9 Å². The molecule has 8 heteroatoms. The molecule has 4 aromatic rings. The summed E-state index contributed by atoms with van der Waals surface area (Å²) in [5.41, 5.74) is 3.03. The molecule has 0 atom stereocenters. The minimum Gasteiger partial charge on any atom is -0.457 e. The molecule has 0 saturated heterocycles. The summed E-state index contributed by atoms with van der Waals surface area (Å²) in [5.74, 6) is 0.669. The zero-order valence-electron chi connectivity index (χ0n) is 17.9. The number of ketones is 1. The standard InChI is InChI=1S/C25H20FN3O3S/c1-15-3-8-21(26)23(11-15)29-25(31)28-18-4-6-19(7-5-18)32-20-9-10-27-22(13-20)17-12-24(16(2)30)33-14-17/h3-14H,1-2H3,(H2,28,29,31). The Morgan fingerprint density at radius 2 is 1.76 bits per heavy atom. The molecule has 166 valence electrons. The van der Waals surface area contributed by atoms with E-state index in [0.717, 1.165) is 11.1 Å². The van der Waals surface area contributed by atoms with Gasteiger partial charge in [0, 0.05) is 28.9 Å². The molecule has 0 radical (unpaired) electrons. The summed E-state index contributed by atoms with van der Waals surface area (Å²) < 4.78 is 19.7. The number of pyridine rings is 1. The van der Waals surface area contributed by atoms with E-state index in [1.165, 1.54) is 24.3 Å². The number of carbonyl (C=O) groups excluding carboxylic acids is 2. The first kappa shape index (κ1) is 22.2. The van der Waals surface area contributed by atoms with Crippen molar-refractivity contribution >= 4 is 34.5 Å². The number of urea groups is 1. The summed E-state index contributed by atoms with van der Waals surface area (Å²) in [4.78, 5) is 28.7. The third kappa shape index (κ3) is 5.61. The van der Waals surface area contributed by atoms with Gasteiger partial charge in [0.25, 0.3) is 0 Å². The molecule has 0 spiro atoms. The Bertz CT molecular complexity index is 1320. The van der Waals surface area contributed by atoms with Crippen molar-refractivity contribution in [2.24, 2.45) is 0 Å². The van der Waals surface area contributed by atoms with Crippen molar-refractivity contribution in [1.29, 1.82) is 0 Å². The number of nitrogens with zero attached hydrogens (tertiary/aromatic N) is 1. The molecule has 0 unspecified atom stereocenters. The van der Waals surface area contributed by atoms with Crippen LogP contribution in [-0.4, -0.2) is 16.8 Å². The van der Waals surface area contributed by atoms with Crippen LogP contribution in [0, 0.1) is 12.7 Å². The summed E-state index contributed by atoms with van der Waals surface area (Å²) in [6, 6.07) is 16.1. The highest BCUT2D eigenvalue weighted by Crippen LogP contribution is 2.29. The van der Waals surface area contributed by atoms with Gasteiger partial charge in [-0.2, -0.15) is 0 Å². The normalized spacial score (nSPS) is 10.5. The molecule has 33 heavy (non-hydrogen) atoms. The van der Waals surface area contributed by atoms with Gasteiger partial charge in [-0.15, -0.1) is 11.3 Å². The van der Waals surface area contributed by atoms with Gasteiger partial charge in [0.15, 0.2) is 5.78 Å². The molecule has 0 aliphatic rings. The van der Waals surface area contributed by atoms with Crippen molar-refractivity contribution in [2.75, 3.05) is 10.6 Å². The van der Waals surface area contributed by atoms with E-state index in [-0.39, 0.29) is 11.5 Å². The van der Waals surface area contributed by atoms with Gasteiger partial charge in [-0.1, -0.05) is 6.07 Å². The summed E-state index contributed by atoms with van der Waals surface area (Å²) in [6.45, 7) is 3.35. The average Bonchev–Trinajstić information content (AvgIpc) is 3.29. The van der Waals surface area contributed by atoms with Crippen LogP contribution in [-0.2, 0) is 0 Å². The van der Waals surface area contributed by atoms with Gasteiger partial charge >= 0.3 is 6.03 Å². The lowest BCUT2D eigenvalue weighted by Gasteiger charge is -2.10. The number of anilines is 2. The highest BCUT2D eigenvalue weighted by Gasteiger charge is 2.10. The van der Waals surface area contributed by atoms with Crippen LogP contribution in [0.1, 0.15) is 22.2 Å². The van der Waals surface area contributed by atoms with E-state index in [0.29, 0.717) is 27.8 Å². The maximum absolute atomic E-state index is 13.8. The van der Waals surface area contributed by atoms with Crippen LogP contribution in [0.5, 0.6) is 11.5 Å². The van der Waals surface area contributed by atoms with Crippen molar-refractivity contribution in [3.63, 3.8) is 0 Å². The maximum Gasteiger partial charge on any atom is 0.323 e. The molecule has 2 aromatic heterocycles. The molecule has 0 bridgehead atoms. The number of nitrogens with one attached hydrogen (secondary N) is 2. The minimum atomic E-state index is -0.548. The third-order valence-electron chi connectivity index (χ3n) is 4.69. The number of carbonyl (C=O) groups is 2. The fourth-order valence-corrected chi connectivity index (χ4v) is 3.85. The van der Waals surface area contributed by atoms with Gasteiger partial charge < -0.3 is 15.4 Å². The van der Waals surface area contributed by atoms with E-state index in [1.807, 2.05) is 18.4 Å². The van der Waals surface area contributed by atoms with Crippen LogP contribution in [0.3, 0.4) is 0 Å². The number of Topliss-reactive ketones (excluding diaryl/α,β-unsaturated/α-hetero) is 1. The molecule has 0 saturated carbocycles. The number of ether oxygens (including phenoxy) is 1. The van der Waals surface area contributed by atoms with Gasteiger partial charge in [0.2, 0.25) is 0 Å². The minimum absolute atomic E-state index is 0.0186. The number of amides is 2. The first-order valence-electron chi connectivity index (χ1n) is 10.1. The van der Waals surface area contributed by atoms with Gasteiger partial charge in [0.1, 0.15) is 17.3 Å². The summed E-state index contributed by atoms with van der Waals surface area (Å²) in [6.07, 6.45) is 1.64. The Hall–Kier alpha value is -4.04. The molecule has 4 rings (SSSR count). The molecule has 0 aliphatic carbocycles. The van der Waals surface area contributed by atoms with Crippen LogP contribution in [0.4, 0.5) is 20.6 Å². The molecular formula is C25H20FN3O3S. The van der Waals surface area contributed by atoms with Crippen LogP contribution >= 0.6 is 11.3 Å². The highest BCUT2D eigenvalue weighted by atomic mass is 32.1. The predicted molar refractivity (Wildman–Crippen MR) is 128 cm³/mol. The van der Waals surface area contributed by atoms with Crippen molar-refractivity contribution in [2.45, 2.75) is 13.8 Å². The number of rotatable bonds is 6. The van der Waals surface area contributed by atoms with E-state index < -0.39 is 11.8 Å². The third-order valence-corrected chi connectivity index (χ3v) is 5.72. The van der Waals surface area contributed by atoms with Crippen molar-refractivity contribution < 1.29 is 18.7 Å². The fourth-order valence-electron chi connectivity index (χ4n) is 3.05. The van der Waals surface area contributed by atoms with Gasteiger partial charge in [-0.3, -0.25) is 9.78 Å². The lowest BCUT2D eigenvalue weighted by molar-refractivity contribution is 0.102. The van der Waals surface area contributed by atoms with E-state index >= 15 is 0 Å². The van der Waals surface area contributed by atoms with Crippen molar-refractivity contribution in [3.8, 4) is 22.8 Å². The second-order valence-electron chi connectivity index (χ2n) is 7.32. The molecule has 0 aliphatic heterocycles. The Labute approximate surface area is 194 Å². The van der Waals surface area contributed by atoms with E-state index in [2.05, 4.69) is 15.6 Å². The first-order valence-corrected chi connectivity index (χ1v) is 10.9. The van der Waals surface area contributed by atoms with Crippen molar-refractivity contribution in [3.05, 3.63) is 88.5 Å². The Morgan fingerprint density at radius 3 is 2.48 bits per heavy atom. The second kappa shape index (κ2) is 9.62. The largest absolute Gasteiger partial charge is 0.457 e. The number of benzene rings is 2. The van der Waals surface area contributed by atoms with Crippen LogP contribution in [0.15, 0.2) is 72.2 Å². The number of hydrogen-bond donors (Lipinski definition) is 2. The number of hydrogen-bond acceptors (Lipinski definition) is 5. The summed E-state index contributed by atoms with van der Waals surface area (Å²) >= 11 is 1.38. The van der Waals surface area contributed by atoms with Crippen LogP contribution in [0.2, 0.25) is 0 Å². The quantitative estimate of drug-likeness (QED) is 0.306. The number of thiophene rings is 1.